The average Bonchev–Trinajstić information content (AvgIpc) is 3.51. The predicted molar refractivity (Wildman–Crippen MR) is 128 cm³/mol. The van der Waals surface area contributed by atoms with E-state index in [1.54, 1.807) is 6.20 Å². The van der Waals surface area contributed by atoms with Gasteiger partial charge >= 0.3 is 0 Å². The highest BCUT2D eigenvalue weighted by molar-refractivity contribution is 7.48. The van der Waals surface area contributed by atoms with Crippen LogP contribution in [-0.4, -0.2) is 33.8 Å². The molecule has 5 nitrogen and oxygen atoms in total. The zero-order valence-corrected chi connectivity index (χ0v) is 19.6. The van der Waals surface area contributed by atoms with Crippen molar-refractivity contribution in [2.24, 2.45) is 11.7 Å². The standard InChI is InChI=1S/C24H30ClN4OP/c25-17-2-3-18(27-14-17)15-29-11-9-16(10-12-29)1-7-22-20-6-8-23(31-19-4-5-19)21(13-26)24(20)30-28-22/h2-3,6,8,14,16,19,31H,1,4-5,7,9-13,15,26H2. The van der Waals surface area contributed by atoms with Gasteiger partial charge in [0.1, 0.15) is 0 Å². The topological polar surface area (TPSA) is 68.2 Å². The number of aryl methyl sites for hydroxylation is 1. The highest BCUT2D eigenvalue weighted by Gasteiger charge is 2.25. The molecule has 1 aliphatic heterocycles. The van der Waals surface area contributed by atoms with Crippen molar-refractivity contribution in [2.45, 2.75) is 57.3 Å². The highest BCUT2D eigenvalue weighted by atomic mass is 35.5. The van der Waals surface area contributed by atoms with Crippen LogP contribution < -0.4 is 11.0 Å². The lowest BCUT2D eigenvalue weighted by Crippen LogP contribution is -2.33. The van der Waals surface area contributed by atoms with Crippen LogP contribution in [0.5, 0.6) is 0 Å². The number of hydrogen-bond donors (Lipinski definition) is 1. The lowest BCUT2D eigenvalue weighted by Gasteiger charge is -2.31. The summed E-state index contributed by atoms with van der Waals surface area (Å²) in [6, 6.07) is 8.43. The van der Waals surface area contributed by atoms with Gasteiger partial charge in [-0.05, 0) is 86.7 Å². The summed E-state index contributed by atoms with van der Waals surface area (Å²) in [5.41, 5.74) is 11.2. The molecule has 1 unspecified atom stereocenters. The normalized spacial score (nSPS) is 18.5. The van der Waals surface area contributed by atoms with Crippen LogP contribution in [0.25, 0.3) is 11.0 Å². The Morgan fingerprint density at radius 2 is 1.97 bits per heavy atom. The van der Waals surface area contributed by atoms with E-state index >= 15 is 0 Å². The van der Waals surface area contributed by atoms with Crippen LogP contribution >= 0.6 is 20.2 Å². The van der Waals surface area contributed by atoms with Gasteiger partial charge in [0.15, 0.2) is 5.58 Å². The van der Waals surface area contributed by atoms with E-state index < -0.39 is 0 Å². The minimum atomic E-state index is 0.530. The predicted octanol–water partition coefficient (Wildman–Crippen LogP) is 4.65. The Kier molecular flexibility index (Phi) is 6.56. The molecular weight excluding hydrogens is 427 g/mol. The number of halogens is 1. The van der Waals surface area contributed by atoms with Gasteiger partial charge in [0.25, 0.3) is 0 Å². The summed E-state index contributed by atoms with van der Waals surface area (Å²) in [6.45, 7) is 3.68. The van der Waals surface area contributed by atoms with Crippen molar-refractivity contribution < 1.29 is 4.52 Å². The first-order chi connectivity index (χ1) is 15.2. The smallest absolute Gasteiger partial charge is 0.172 e. The maximum absolute atomic E-state index is 6.09. The first-order valence-corrected chi connectivity index (χ1v) is 12.8. The van der Waals surface area contributed by atoms with E-state index in [0.717, 1.165) is 75.0 Å². The second kappa shape index (κ2) is 9.54. The van der Waals surface area contributed by atoms with Crippen LogP contribution in [0.2, 0.25) is 5.02 Å². The highest BCUT2D eigenvalue weighted by Crippen LogP contribution is 2.40. The first-order valence-electron chi connectivity index (χ1n) is 11.4. The number of piperidine rings is 1. The summed E-state index contributed by atoms with van der Waals surface area (Å²) in [5.74, 6) is 0.741. The zero-order valence-electron chi connectivity index (χ0n) is 17.8. The molecule has 3 aromatic rings. The summed E-state index contributed by atoms with van der Waals surface area (Å²) in [4.78, 5) is 6.92. The molecule has 1 aliphatic carbocycles. The van der Waals surface area contributed by atoms with Crippen LogP contribution in [0.4, 0.5) is 0 Å². The number of nitrogens with zero attached hydrogens (tertiary/aromatic N) is 3. The number of rotatable bonds is 8. The first kappa shape index (κ1) is 21.3. The third-order valence-corrected chi connectivity index (χ3v) is 8.62. The molecule has 3 heterocycles. The number of hydrogen-bond acceptors (Lipinski definition) is 5. The van der Waals surface area contributed by atoms with Crippen molar-refractivity contribution in [3.8, 4) is 0 Å². The minimum Gasteiger partial charge on any atom is -0.356 e. The summed E-state index contributed by atoms with van der Waals surface area (Å²) in [6.07, 6.45) is 9.04. The monoisotopic (exact) mass is 456 g/mol. The van der Waals surface area contributed by atoms with Gasteiger partial charge in [-0.2, -0.15) is 0 Å². The summed E-state index contributed by atoms with van der Waals surface area (Å²) in [7, 11) is 0.857. The van der Waals surface area contributed by atoms with E-state index in [-0.39, 0.29) is 0 Å². The molecule has 2 N–H and O–H groups in total. The molecule has 0 spiro atoms. The molecule has 164 valence electrons. The van der Waals surface area contributed by atoms with Crippen LogP contribution in [0, 0.1) is 5.92 Å². The van der Waals surface area contributed by atoms with E-state index in [1.165, 1.54) is 36.6 Å². The SMILES string of the molecule is NCc1c(PC2CC2)ccc2c(CCC3CCN(Cc4ccc(Cl)cn4)CC3)noc12. The van der Waals surface area contributed by atoms with Crippen molar-refractivity contribution in [1.82, 2.24) is 15.0 Å². The molecule has 1 atom stereocenters. The largest absolute Gasteiger partial charge is 0.356 e. The molecule has 7 heteroatoms. The number of pyridine rings is 1. The quantitative estimate of drug-likeness (QED) is 0.500. The Bertz CT molecular complexity index is 1030. The lowest BCUT2D eigenvalue weighted by molar-refractivity contribution is 0.170. The second-order valence-electron chi connectivity index (χ2n) is 8.95. The summed E-state index contributed by atoms with van der Waals surface area (Å²) >= 11 is 5.94. The maximum atomic E-state index is 6.09. The fourth-order valence-corrected chi connectivity index (χ4v) is 6.15. The molecule has 2 aliphatic rings. The number of benzene rings is 1. The molecule has 1 saturated heterocycles. The molecule has 1 aromatic carbocycles. The molecular formula is C24H30ClN4OP. The Labute approximate surface area is 190 Å². The molecule has 1 saturated carbocycles. The molecule has 2 aromatic heterocycles. The number of aromatic nitrogens is 2. The lowest BCUT2D eigenvalue weighted by atomic mass is 9.91. The van der Waals surface area contributed by atoms with Crippen LogP contribution in [0.15, 0.2) is 35.0 Å². The molecule has 0 amide bonds. The van der Waals surface area contributed by atoms with Gasteiger partial charge in [-0.1, -0.05) is 31.4 Å². The van der Waals surface area contributed by atoms with E-state index in [0.29, 0.717) is 11.6 Å². The maximum Gasteiger partial charge on any atom is 0.172 e. The molecule has 0 radical (unpaired) electrons. The summed E-state index contributed by atoms with van der Waals surface area (Å²) in [5, 5.41) is 7.68. The van der Waals surface area contributed by atoms with Crippen molar-refractivity contribution in [2.75, 3.05) is 13.1 Å². The Balaban J connectivity index is 1.16. The van der Waals surface area contributed by atoms with E-state index in [9.17, 15) is 0 Å². The molecule has 2 fully saturated rings. The van der Waals surface area contributed by atoms with Gasteiger partial charge in [0.05, 0.1) is 16.4 Å². The van der Waals surface area contributed by atoms with Crippen LogP contribution in [0.1, 0.15) is 49.1 Å². The van der Waals surface area contributed by atoms with Crippen LogP contribution in [-0.2, 0) is 19.5 Å². The fraction of sp³-hybridized carbons (Fsp3) is 0.500. The van der Waals surface area contributed by atoms with Crippen molar-refractivity contribution >= 4 is 36.5 Å². The van der Waals surface area contributed by atoms with Crippen molar-refractivity contribution in [3.05, 3.63) is 52.4 Å². The van der Waals surface area contributed by atoms with Gasteiger partial charge in [-0.15, -0.1) is 0 Å². The third kappa shape index (κ3) is 5.12. The molecule has 5 rings (SSSR count). The average molecular weight is 457 g/mol. The Hall–Kier alpha value is -1.52. The summed E-state index contributed by atoms with van der Waals surface area (Å²) < 4.78 is 5.80. The van der Waals surface area contributed by atoms with E-state index in [1.807, 2.05) is 12.1 Å². The zero-order chi connectivity index (χ0) is 21.2. The van der Waals surface area contributed by atoms with Gasteiger partial charge in [0, 0.05) is 30.2 Å². The Morgan fingerprint density at radius 3 is 2.68 bits per heavy atom. The van der Waals surface area contributed by atoms with Gasteiger partial charge in [-0.3, -0.25) is 9.88 Å². The number of nitrogens with two attached hydrogens (primary N) is 1. The third-order valence-electron chi connectivity index (χ3n) is 6.63. The van der Waals surface area contributed by atoms with Crippen LogP contribution in [0.3, 0.4) is 0 Å². The van der Waals surface area contributed by atoms with Crippen molar-refractivity contribution in [3.63, 3.8) is 0 Å². The van der Waals surface area contributed by atoms with E-state index in [2.05, 4.69) is 27.2 Å². The minimum absolute atomic E-state index is 0.530. The molecule has 0 bridgehead atoms. The second-order valence-corrected chi connectivity index (χ2v) is 11.0. The Morgan fingerprint density at radius 1 is 1.13 bits per heavy atom. The number of likely N-dealkylation sites (tertiary alicyclic amines) is 1. The van der Waals surface area contributed by atoms with E-state index in [4.69, 9.17) is 21.9 Å². The van der Waals surface area contributed by atoms with Gasteiger partial charge < -0.3 is 10.3 Å². The molecule has 31 heavy (non-hydrogen) atoms. The van der Waals surface area contributed by atoms with Gasteiger partial charge in [0.2, 0.25) is 0 Å². The fourth-order valence-electron chi connectivity index (χ4n) is 4.58. The van der Waals surface area contributed by atoms with Crippen molar-refractivity contribution in [1.29, 1.82) is 0 Å². The number of fused-ring (bicyclic) bond motifs is 1. The van der Waals surface area contributed by atoms with Gasteiger partial charge in [-0.25, -0.2) is 0 Å².